The summed E-state index contributed by atoms with van der Waals surface area (Å²) in [5, 5.41) is 0. The first-order chi connectivity index (χ1) is 4.88. The summed E-state index contributed by atoms with van der Waals surface area (Å²) >= 11 is 0. The van der Waals surface area contributed by atoms with Crippen LogP contribution in [0.1, 0.15) is 0 Å². The third kappa shape index (κ3) is 2.42. The molecular formula is C8H11BrO2. The molecule has 1 aromatic rings. The first-order valence-corrected chi connectivity index (χ1v) is 3.05. The summed E-state index contributed by atoms with van der Waals surface area (Å²) in [6.45, 7) is 0. The number of ether oxygens (including phenoxy) is 2. The quantitative estimate of drug-likeness (QED) is 0.759. The van der Waals surface area contributed by atoms with Gasteiger partial charge in [-0.3, -0.25) is 0 Å². The van der Waals surface area contributed by atoms with Crippen LogP contribution in [0.3, 0.4) is 0 Å². The molecule has 0 aliphatic heterocycles. The van der Waals surface area contributed by atoms with Gasteiger partial charge in [0.25, 0.3) is 0 Å². The summed E-state index contributed by atoms with van der Waals surface area (Å²) in [6.07, 6.45) is 0. The normalized spacial score (nSPS) is 8.18. The highest BCUT2D eigenvalue weighted by molar-refractivity contribution is 8.93. The Kier molecular flexibility index (Phi) is 4.70. The molecule has 0 aliphatic rings. The van der Waals surface area contributed by atoms with Gasteiger partial charge in [-0.05, 0) is 12.1 Å². The Morgan fingerprint density at radius 2 is 1.27 bits per heavy atom. The molecule has 3 heteroatoms. The van der Waals surface area contributed by atoms with Gasteiger partial charge in [0, 0.05) is 0 Å². The van der Waals surface area contributed by atoms with Crippen LogP contribution in [0.15, 0.2) is 24.3 Å². The Bertz CT molecular complexity index is 190. The molecule has 0 fully saturated rings. The Morgan fingerprint density at radius 3 is 1.55 bits per heavy atom. The van der Waals surface area contributed by atoms with Crippen LogP contribution in [0.5, 0.6) is 11.5 Å². The van der Waals surface area contributed by atoms with Crippen molar-refractivity contribution in [3.63, 3.8) is 0 Å². The summed E-state index contributed by atoms with van der Waals surface area (Å²) in [6, 6.07) is 7.53. The minimum absolute atomic E-state index is 0. The van der Waals surface area contributed by atoms with Crippen molar-refractivity contribution in [1.82, 2.24) is 0 Å². The van der Waals surface area contributed by atoms with Crippen LogP contribution in [-0.4, -0.2) is 14.2 Å². The van der Waals surface area contributed by atoms with Crippen LogP contribution in [0.2, 0.25) is 0 Å². The first-order valence-electron chi connectivity index (χ1n) is 3.05. The van der Waals surface area contributed by atoms with Crippen molar-refractivity contribution < 1.29 is 9.47 Å². The Hall–Kier alpha value is -0.700. The summed E-state index contributed by atoms with van der Waals surface area (Å²) < 4.78 is 10.0. The van der Waals surface area contributed by atoms with Gasteiger partial charge in [-0.2, -0.15) is 0 Å². The van der Waals surface area contributed by atoms with E-state index < -0.39 is 0 Å². The Labute approximate surface area is 76.9 Å². The van der Waals surface area contributed by atoms with E-state index in [1.165, 1.54) is 0 Å². The van der Waals surface area contributed by atoms with Gasteiger partial charge >= 0.3 is 0 Å². The summed E-state index contributed by atoms with van der Waals surface area (Å²) in [5.41, 5.74) is 0. The molecule has 0 atom stereocenters. The zero-order chi connectivity index (χ0) is 7.40. The van der Waals surface area contributed by atoms with Crippen LogP contribution >= 0.6 is 17.0 Å². The fraction of sp³-hybridized carbons (Fsp3) is 0.250. The molecule has 0 amide bonds. The smallest absolute Gasteiger partial charge is 0.160 e. The SMILES string of the molecule is Br.COc1ccccc1OC. The van der Waals surface area contributed by atoms with Crippen molar-refractivity contribution in [2.45, 2.75) is 0 Å². The van der Waals surface area contributed by atoms with Crippen molar-refractivity contribution in [3.8, 4) is 11.5 Å². The number of para-hydroxylation sites is 2. The van der Waals surface area contributed by atoms with E-state index >= 15 is 0 Å². The first kappa shape index (κ1) is 10.3. The lowest BCUT2D eigenvalue weighted by atomic mass is 10.3. The molecule has 0 radical (unpaired) electrons. The monoisotopic (exact) mass is 218 g/mol. The van der Waals surface area contributed by atoms with Gasteiger partial charge in [0.1, 0.15) is 0 Å². The van der Waals surface area contributed by atoms with Crippen molar-refractivity contribution in [1.29, 1.82) is 0 Å². The standard InChI is InChI=1S/C8H10O2.BrH/c1-9-7-5-3-4-6-8(7)10-2;/h3-6H,1-2H3;1H. The maximum atomic E-state index is 5.01. The molecule has 0 bridgehead atoms. The zero-order valence-electron chi connectivity index (χ0n) is 6.53. The fourth-order valence-corrected chi connectivity index (χ4v) is 0.787. The second kappa shape index (κ2) is 5.02. The molecule has 0 saturated heterocycles. The van der Waals surface area contributed by atoms with Gasteiger partial charge in [-0.15, -0.1) is 17.0 Å². The second-order valence-corrected chi connectivity index (χ2v) is 1.85. The van der Waals surface area contributed by atoms with E-state index in [1.54, 1.807) is 14.2 Å². The molecule has 0 aromatic heterocycles. The van der Waals surface area contributed by atoms with E-state index in [0.717, 1.165) is 11.5 Å². The van der Waals surface area contributed by atoms with E-state index in [9.17, 15) is 0 Å². The summed E-state index contributed by atoms with van der Waals surface area (Å²) in [4.78, 5) is 0. The van der Waals surface area contributed by atoms with Gasteiger partial charge < -0.3 is 9.47 Å². The number of hydrogen-bond donors (Lipinski definition) is 0. The molecule has 1 aromatic carbocycles. The molecule has 0 saturated carbocycles. The molecule has 1 rings (SSSR count). The number of rotatable bonds is 2. The van der Waals surface area contributed by atoms with Crippen LogP contribution in [-0.2, 0) is 0 Å². The average Bonchev–Trinajstić information content (AvgIpc) is 2.04. The van der Waals surface area contributed by atoms with Gasteiger partial charge in [0.15, 0.2) is 11.5 Å². The number of methoxy groups -OCH3 is 2. The molecule has 0 spiro atoms. The van der Waals surface area contributed by atoms with Crippen molar-refractivity contribution in [2.24, 2.45) is 0 Å². The zero-order valence-corrected chi connectivity index (χ0v) is 8.25. The topological polar surface area (TPSA) is 18.5 Å². The lowest BCUT2D eigenvalue weighted by Crippen LogP contribution is -1.88. The number of benzene rings is 1. The second-order valence-electron chi connectivity index (χ2n) is 1.85. The molecule has 11 heavy (non-hydrogen) atoms. The van der Waals surface area contributed by atoms with Crippen LogP contribution in [0.25, 0.3) is 0 Å². The predicted molar refractivity (Wildman–Crippen MR) is 49.9 cm³/mol. The van der Waals surface area contributed by atoms with Crippen LogP contribution < -0.4 is 9.47 Å². The van der Waals surface area contributed by atoms with Gasteiger partial charge in [-0.1, -0.05) is 12.1 Å². The highest BCUT2D eigenvalue weighted by Gasteiger charge is 1.97. The lowest BCUT2D eigenvalue weighted by Gasteiger charge is -2.04. The highest BCUT2D eigenvalue weighted by Crippen LogP contribution is 2.24. The highest BCUT2D eigenvalue weighted by atomic mass is 79.9. The molecule has 0 N–H and O–H groups in total. The minimum Gasteiger partial charge on any atom is -0.493 e. The maximum Gasteiger partial charge on any atom is 0.160 e. The molecule has 2 nitrogen and oxygen atoms in total. The molecular weight excluding hydrogens is 208 g/mol. The third-order valence-corrected chi connectivity index (χ3v) is 1.29. The molecule has 0 unspecified atom stereocenters. The molecule has 0 heterocycles. The maximum absolute atomic E-state index is 5.01. The average molecular weight is 219 g/mol. The van der Waals surface area contributed by atoms with Crippen molar-refractivity contribution in [3.05, 3.63) is 24.3 Å². The van der Waals surface area contributed by atoms with E-state index in [2.05, 4.69) is 0 Å². The third-order valence-electron chi connectivity index (χ3n) is 1.29. The largest absolute Gasteiger partial charge is 0.493 e. The van der Waals surface area contributed by atoms with Gasteiger partial charge in [-0.25, -0.2) is 0 Å². The predicted octanol–water partition coefficient (Wildman–Crippen LogP) is 2.28. The minimum atomic E-state index is 0. The van der Waals surface area contributed by atoms with E-state index in [4.69, 9.17) is 9.47 Å². The Balaban J connectivity index is 0.000001000. The van der Waals surface area contributed by atoms with Crippen LogP contribution in [0, 0.1) is 0 Å². The summed E-state index contributed by atoms with van der Waals surface area (Å²) in [5.74, 6) is 1.54. The van der Waals surface area contributed by atoms with Gasteiger partial charge in [0.05, 0.1) is 14.2 Å². The van der Waals surface area contributed by atoms with Crippen LogP contribution in [0.4, 0.5) is 0 Å². The van der Waals surface area contributed by atoms with Crippen molar-refractivity contribution in [2.75, 3.05) is 14.2 Å². The molecule has 0 aliphatic carbocycles. The molecule has 62 valence electrons. The Morgan fingerprint density at radius 1 is 0.909 bits per heavy atom. The number of hydrogen-bond acceptors (Lipinski definition) is 2. The van der Waals surface area contributed by atoms with Crippen molar-refractivity contribution >= 4 is 17.0 Å². The lowest BCUT2D eigenvalue weighted by molar-refractivity contribution is 0.355. The van der Waals surface area contributed by atoms with E-state index in [0.29, 0.717) is 0 Å². The van der Waals surface area contributed by atoms with E-state index in [1.807, 2.05) is 24.3 Å². The van der Waals surface area contributed by atoms with Gasteiger partial charge in [0.2, 0.25) is 0 Å². The summed E-state index contributed by atoms with van der Waals surface area (Å²) in [7, 11) is 3.25. The number of halogens is 1. The van der Waals surface area contributed by atoms with E-state index in [-0.39, 0.29) is 17.0 Å². The fourth-order valence-electron chi connectivity index (χ4n) is 0.787.